The molecule has 1 amide bonds. The monoisotopic (exact) mass is 342 g/mol. The van der Waals surface area contributed by atoms with Crippen molar-refractivity contribution >= 4 is 50.4 Å². The van der Waals surface area contributed by atoms with Gasteiger partial charge in [-0.2, -0.15) is 0 Å². The smallest absolute Gasteiger partial charge is 0.317 e. The molecule has 1 aromatic carbocycles. The van der Waals surface area contributed by atoms with Gasteiger partial charge < -0.3 is 5.11 Å². The van der Waals surface area contributed by atoms with E-state index < -0.39 is 11.2 Å². The van der Waals surface area contributed by atoms with Crippen LogP contribution in [0.5, 0.6) is 0 Å². The quantitative estimate of drug-likeness (QED) is 0.896. The molecule has 1 heterocycles. The summed E-state index contributed by atoms with van der Waals surface area (Å²) in [4.78, 5) is 28.4. The van der Waals surface area contributed by atoms with Crippen LogP contribution in [0.3, 0.4) is 0 Å². The molecule has 1 aromatic rings. The average molecular weight is 343 g/mol. The van der Waals surface area contributed by atoms with Crippen LogP contribution in [0.25, 0.3) is 0 Å². The number of carbonyl (C=O) groups excluding carboxylic acids is 1. The Morgan fingerprint density at radius 1 is 1.47 bits per heavy atom. The number of halogens is 1. The Balaban J connectivity index is 2.27. The Hall–Kier alpha value is -1.34. The lowest BCUT2D eigenvalue weighted by Crippen LogP contribution is -2.41. The third-order valence-electron chi connectivity index (χ3n) is 2.60. The number of rotatable bonds is 2. The molecule has 0 unspecified atom stereocenters. The minimum absolute atomic E-state index is 0.00411. The lowest BCUT2D eigenvalue weighted by atomic mass is 10.3. The van der Waals surface area contributed by atoms with Crippen molar-refractivity contribution in [1.82, 2.24) is 4.90 Å². The predicted molar refractivity (Wildman–Crippen MR) is 77.6 cm³/mol. The number of carboxylic acid groups (broad SMARTS) is 1. The zero-order valence-electron chi connectivity index (χ0n) is 10.0. The minimum atomic E-state index is -0.991. The van der Waals surface area contributed by atoms with E-state index in [-0.39, 0.29) is 12.3 Å². The van der Waals surface area contributed by atoms with Gasteiger partial charge in [-0.25, -0.2) is 4.99 Å². The highest BCUT2D eigenvalue weighted by atomic mass is 79.9. The number of thioether (sulfide) groups is 1. The van der Waals surface area contributed by atoms with Gasteiger partial charge >= 0.3 is 5.97 Å². The van der Waals surface area contributed by atoms with Gasteiger partial charge in [-0.05, 0) is 24.3 Å². The molecule has 0 aliphatic carbocycles. The zero-order chi connectivity index (χ0) is 14.0. The summed E-state index contributed by atoms with van der Waals surface area (Å²) in [5, 5.41) is 8.65. The van der Waals surface area contributed by atoms with Crippen molar-refractivity contribution in [1.29, 1.82) is 0 Å². The maximum absolute atomic E-state index is 11.7. The maximum atomic E-state index is 11.7. The Morgan fingerprint density at radius 3 is 2.68 bits per heavy atom. The molecule has 5 nitrogen and oxygen atoms in total. The van der Waals surface area contributed by atoms with E-state index in [0.29, 0.717) is 10.9 Å². The summed E-state index contributed by atoms with van der Waals surface area (Å²) >= 11 is 4.42. The van der Waals surface area contributed by atoms with Crippen LogP contribution in [0.4, 0.5) is 5.69 Å². The fourth-order valence-corrected chi connectivity index (χ4v) is 2.78. The highest BCUT2D eigenvalue weighted by Crippen LogP contribution is 2.28. The Labute approximate surface area is 122 Å². The van der Waals surface area contributed by atoms with Gasteiger partial charge in [0.1, 0.15) is 5.25 Å². The van der Waals surface area contributed by atoms with Crippen LogP contribution in [0.1, 0.15) is 6.42 Å². The second-order valence-electron chi connectivity index (χ2n) is 3.97. The van der Waals surface area contributed by atoms with Crippen molar-refractivity contribution in [2.24, 2.45) is 4.99 Å². The number of aliphatic imine (C=N–C) groups is 1. The van der Waals surface area contributed by atoms with E-state index >= 15 is 0 Å². The zero-order valence-corrected chi connectivity index (χ0v) is 12.4. The molecule has 0 radical (unpaired) electrons. The number of nitrogens with zero attached hydrogens (tertiary/aromatic N) is 2. The standard InChI is InChI=1S/C12H11BrN2O3S/c1-15-10(16)6-9(11(17)18)19-12(15)14-8-4-2-7(13)3-5-8/h2-5,9H,6H2,1H3,(H,17,18)/t9-/m0/s1. The minimum Gasteiger partial charge on any atom is -0.480 e. The highest BCUT2D eigenvalue weighted by molar-refractivity contribution is 9.10. The Morgan fingerprint density at radius 2 is 2.11 bits per heavy atom. The van der Waals surface area contributed by atoms with Crippen LogP contribution < -0.4 is 0 Å². The third-order valence-corrected chi connectivity index (χ3v) is 4.35. The number of carbonyl (C=O) groups is 2. The first-order valence-corrected chi connectivity index (χ1v) is 7.15. The molecule has 7 heteroatoms. The van der Waals surface area contributed by atoms with Crippen LogP contribution >= 0.6 is 27.7 Å². The van der Waals surface area contributed by atoms with E-state index in [9.17, 15) is 9.59 Å². The average Bonchev–Trinajstić information content (AvgIpc) is 2.37. The second kappa shape index (κ2) is 5.75. The molecule has 1 fully saturated rings. The van der Waals surface area contributed by atoms with Crippen molar-refractivity contribution in [3.63, 3.8) is 0 Å². The number of hydrogen-bond donors (Lipinski definition) is 1. The molecule has 0 bridgehead atoms. The van der Waals surface area contributed by atoms with Crippen LogP contribution in [-0.2, 0) is 9.59 Å². The van der Waals surface area contributed by atoms with E-state index in [1.165, 1.54) is 4.90 Å². The van der Waals surface area contributed by atoms with Gasteiger partial charge in [0.15, 0.2) is 5.17 Å². The van der Waals surface area contributed by atoms with Crippen LogP contribution in [-0.4, -0.2) is 39.3 Å². The summed E-state index contributed by atoms with van der Waals surface area (Å²) in [6.45, 7) is 0. The normalized spacial score (nSPS) is 21.8. The van der Waals surface area contributed by atoms with Crippen LogP contribution in [0.2, 0.25) is 0 Å². The van der Waals surface area contributed by atoms with Gasteiger partial charge in [0, 0.05) is 11.5 Å². The summed E-state index contributed by atoms with van der Waals surface area (Å²) in [5.41, 5.74) is 0.677. The summed E-state index contributed by atoms with van der Waals surface area (Å²) in [5.74, 6) is -1.23. The third kappa shape index (κ3) is 3.36. The fourth-order valence-electron chi connectivity index (χ4n) is 1.52. The van der Waals surface area contributed by atoms with Gasteiger partial charge in [0.2, 0.25) is 5.91 Å². The number of aliphatic carboxylic acids is 1. The van der Waals surface area contributed by atoms with Crippen molar-refractivity contribution in [2.45, 2.75) is 11.7 Å². The predicted octanol–water partition coefficient (Wildman–Crippen LogP) is 2.49. The largest absolute Gasteiger partial charge is 0.480 e. The number of hydrogen-bond acceptors (Lipinski definition) is 4. The Kier molecular flexibility index (Phi) is 4.26. The molecule has 1 atom stereocenters. The SMILES string of the molecule is CN1C(=O)C[C@@H](C(=O)O)SC1=Nc1ccc(Br)cc1. The van der Waals surface area contributed by atoms with Gasteiger partial charge in [-0.1, -0.05) is 27.7 Å². The van der Waals surface area contributed by atoms with E-state index in [4.69, 9.17) is 5.11 Å². The molecule has 1 aliphatic rings. The van der Waals surface area contributed by atoms with E-state index in [0.717, 1.165) is 16.2 Å². The molecule has 2 rings (SSSR count). The number of amidine groups is 1. The second-order valence-corrected chi connectivity index (χ2v) is 6.06. The molecular formula is C12H11BrN2O3S. The van der Waals surface area contributed by atoms with Gasteiger partial charge in [-0.15, -0.1) is 0 Å². The molecule has 19 heavy (non-hydrogen) atoms. The highest BCUT2D eigenvalue weighted by Gasteiger charge is 2.33. The molecule has 1 N–H and O–H groups in total. The van der Waals surface area contributed by atoms with Crippen molar-refractivity contribution in [3.8, 4) is 0 Å². The molecule has 0 saturated carbocycles. The molecule has 1 aliphatic heterocycles. The van der Waals surface area contributed by atoms with Gasteiger partial charge in [-0.3, -0.25) is 14.5 Å². The lowest BCUT2D eigenvalue weighted by Gasteiger charge is -2.27. The fraction of sp³-hybridized carbons (Fsp3) is 0.250. The molecule has 100 valence electrons. The lowest BCUT2D eigenvalue weighted by molar-refractivity contribution is -0.139. The molecule has 0 aromatic heterocycles. The van der Waals surface area contributed by atoms with E-state index in [1.54, 1.807) is 19.2 Å². The number of carboxylic acids is 1. The summed E-state index contributed by atoms with van der Waals surface area (Å²) in [6, 6.07) is 7.26. The van der Waals surface area contributed by atoms with Crippen LogP contribution in [0.15, 0.2) is 33.7 Å². The van der Waals surface area contributed by atoms with Crippen molar-refractivity contribution in [2.75, 3.05) is 7.05 Å². The van der Waals surface area contributed by atoms with Gasteiger partial charge in [0.25, 0.3) is 0 Å². The van der Waals surface area contributed by atoms with E-state index in [2.05, 4.69) is 20.9 Å². The van der Waals surface area contributed by atoms with Gasteiger partial charge in [0.05, 0.1) is 12.1 Å². The molecule has 0 spiro atoms. The van der Waals surface area contributed by atoms with Crippen molar-refractivity contribution in [3.05, 3.63) is 28.7 Å². The number of amides is 1. The first-order chi connectivity index (χ1) is 8.97. The van der Waals surface area contributed by atoms with Crippen molar-refractivity contribution < 1.29 is 14.7 Å². The van der Waals surface area contributed by atoms with E-state index in [1.807, 2.05) is 12.1 Å². The Bertz CT molecular complexity index is 544. The first-order valence-electron chi connectivity index (χ1n) is 5.47. The first kappa shape index (κ1) is 14.1. The summed E-state index contributed by atoms with van der Waals surface area (Å²) in [6.07, 6.45) is -0.00411. The maximum Gasteiger partial charge on any atom is 0.317 e. The van der Waals surface area contributed by atoms with Crippen LogP contribution in [0, 0.1) is 0 Å². The number of benzene rings is 1. The summed E-state index contributed by atoms with van der Waals surface area (Å²) in [7, 11) is 1.60. The molecule has 1 saturated heterocycles. The topological polar surface area (TPSA) is 70.0 Å². The summed E-state index contributed by atoms with van der Waals surface area (Å²) < 4.78 is 0.931. The molecular weight excluding hydrogens is 332 g/mol.